The van der Waals surface area contributed by atoms with Crippen LogP contribution >= 0.6 is 0 Å². The summed E-state index contributed by atoms with van der Waals surface area (Å²) in [5, 5.41) is 2.18. The molecule has 0 aliphatic heterocycles. The van der Waals surface area contributed by atoms with Crippen molar-refractivity contribution in [2.45, 2.75) is 36.2 Å². The van der Waals surface area contributed by atoms with E-state index >= 15 is 0 Å². The number of carbonyl (C=O) groups excluding carboxylic acids is 2. The number of sulfone groups is 1. The van der Waals surface area contributed by atoms with Crippen LogP contribution in [-0.2, 0) is 34.2 Å². The Bertz CT molecular complexity index is 951. The summed E-state index contributed by atoms with van der Waals surface area (Å²) >= 11 is 0. The number of amides is 2. The van der Waals surface area contributed by atoms with Gasteiger partial charge in [-0.2, -0.15) is 8.42 Å². The fraction of sp³-hybridized carbons (Fsp3) is 0.500. The monoisotopic (exact) mass is 452 g/mol. The Hall–Kier alpha value is -2.38. The molecular formula is C16H24N2O9S2. The van der Waals surface area contributed by atoms with E-state index in [0.29, 0.717) is 0 Å². The lowest BCUT2D eigenvalue weighted by molar-refractivity contribution is -0.0471. The number of carbonyl (C=O) groups is 2. The molecule has 0 radical (unpaired) electrons. The number of hydrogen-bond donors (Lipinski definition) is 1. The third-order valence-electron chi connectivity index (χ3n) is 3.03. The van der Waals surface area contributed by atoms with Gasteiger partial charge in [0.2, 0.25) is 0 Å². The Kier molecular flexibility index (Phi) is 8.00. The van der Waals surface area contributed by atoms with E-state index in [1.165, 1.54) is 40.0 Å². The van der Waals surface area contributed by atoms with Crippen LogP contribution in [-0.4, -0.2) is 65.6 Å². The summed E-state index contributed by atoms with van der Waals surface area (Å²) in [7, 11) is -7.55. The minimum Gasteiger partial charge on any atom is -0.441 e. The smallest absolute Gasteiger partial charge is 0.441 e. The van der Waals surface area contributed by atoms with E-state index in [0.717, 1.165) is 18.4 Å². The van der Waals surface area contributed by atoms with Gasteiger partial charge < -0.3 is 14.8 Å². The van der Waals surface area contributed by atoms with Crippen LogP contribution < -0.4 is 5.32 Å². The van der Waals surface area contributed by atoms with Crippen LogP contribution in [0.2, 0.25) is 0 Å². The van der Waals surface area contributed by atoms with Crippen molar-refractivity contribution in [1.82, 2.24) is 9.79 Å². The molecule has 164 valence electrons. The molecule has 1 rings (SSSR count). The summed E-state index contributed by atoms with van der Waals surface area (Å²) in [6.45, 7) is 4.49. The normalized spacial score (nSPS) is 12.2. The molecule has 0 saturated heterocycles. The number of nitrogens with one attached hydrogen (secondary N) is 1. The predicted octanol–water partition coefficient (Wildman–Crippen LogP) is 1.30. The van der Waals surface area contributed by atoms with Crippen molar-refractivity contribution in [3.63, 3.8) is 0 Å². The number of ether oxygens (including phenoxy) is 2. The van der Waals surface area contributed by atoms with Crippen LogP contribution in [0.5, 0.6) is 0 Å². The SMILES string of the molecule is COCCNC(=O)ON(C(=O)OC(C)(C)C)S(=O)(=O)c1ccccc1S(C)(=O)=O. The first kappa shape index (κ1) is 24.7. The molecule has 0 heterocycles. The van der Waals surface area contributed by atoms with Crippen molar-refractivity contribution in [1.29, 1.82) is 0 Å². The molecule has 0 aliphatic rings. The molecule has 29 heavy (non-hydrogen) atoms. The zero-order chi connectivity index (χ0) is 22.5. The van der Waals surface area contributed by atoms with Gasteiger partial charge in [-0.05, 0) is 37.4 Å². The van der Waals surface area contributed by atoms with Crippen LogP contribution in [0.15, 0.2) is 34.1 Å². The van der Waals surface area contributed by atoms with Gasteiger partial charge in [-0.15, -0.1) is 0 Å². The fourth-order valence-corrected chi connectivity index (χ4v) is 4.59. The second kappa shape index (κ2) is 9.41. The van der Waals surface area contributed by atoms with Crippen LogP contribution in [0.1, 0.15) is 20.8 Å². The molecule has 0 fully saturated rings. The fourth-order valence-electron chi connectivity index (χ4n) is 1.91. The predicted molar refractivity (Wildman–Crippen MR) is 101 cm³/mol. The molecule has 0 saturated carbocycles. The van der Waals surface area contributed by atoms with Gasteiger partial charge in [0, 0.05) is 19.9 Å². The Labute approximate surface area is 169 Å². The summed E-state index contributed by atoms with van der Waals surface area (Å²) in [6.07, 6.45) is -2.01. The first-order valence-corrected chi connectivity index (χ1v) is 11.6. The second-order valence-corrected chi connectivity index (χ2v) is 10.4. The highest BCUT2D eigenvalue weighted by Crippen LogP contribution is 2.26. The van der Waals surface area contributed by atoms with Gasteiger partial charge in [0.25, 0.3) is 0 Å². The minimum atomic E-state index is -4.95. The van der Waals surface area contributed by atoms with Crippen molar-refractivity contribution >= 4 is 32.0 Å². The molecule has 11 nitrogen and oxygen atoms in total. The zero-order valence-corrected chi connectivity index (χ0v) is 18.3. The maximum absolute atomic E-state index is 13.0. The maximum Gasteiger partial charge on any atom is 0.459 e. The summed E-state index contributed by atoms with van der Waals surface area (Å²) in [4.78, 5) is 27.7. The topological polar surface area (TPSA) is 145 Å². The van der Waals surface area contributed by atoms with Gasteiger partial charge in [-0.25, -0.2) is 18.0 Å². The standard InChI is InChI=1S/C16H24N2O9S2/c1-16(2,3)26-15(20)18(27-14(19)17-10-11-25-4)29(23,24)13-9-7-6-8-12(13)28(5,21)22/h6-9H,10-11H2,1-5H3,(H,17,19). The molecule has 13 heteroatoms. The Morgan fingerprint density at radius 3 is 2.10 bits per heavy atom. The summed E-state index contributed by atoms with van der Waals surface area (Å²) < 4.78 is 59.5. The van der Waals surface area contributed by atoms with E-state index in [4.69, 9.17) is 9.47 Å². The van der Waals surface area contributed by atoms with Gasteiger partial charge >= 0.3 is 22.2 Å². The molecule has 0 unspecified atom stereocenters. The lowest BCUT2D eigenvalue weighted by Crippen LogP contribution is -2.44. The summed E-state index contributed by atoms with van der Waals surface area (Å²) in [5.41, 5.74) is -1.13. The number of sulfonamides is 1. The van der Waals surface area contributed by atoms with Crippen molar-refractivity contribution < 1.29 is 40.7 Å². The Morgan fingerprint density at radius 2 is 1.62 bits per heavy atom. The number of hydrogen-bond acceptors (Lipinski definition) is 9. The number of rotatable bonds is 6. The number of benzene rings is 1. The van der Waals surface area contributed by atoms with E-state index in [2.05, 4.69) is 10.2 Å². The van der Waals surface area contributed by atoms with Crippen molar-refractivity contribution in [3.8, 4) is 0 Å². The maximum atomic E-state index is 13.0. The van der Waals surface area contributed by atoms with Gasteiger partial charge in [-0.3, -0.25) is 4.84 Å². The van der Waals surface area contributed by atoms with Gasteiger partial charge in [0.15, 0.2) is 9.84 Å². The van der Waals surface area contributed by atoms with Gasteiger partial charge in [-0.1, -0.05) is 12.1 Å². The average Bonchev–Trinajstić information content (AvgIpc) is 2.57. The van der Waals surface area contributed by atoms with E-state index in [9.17, 15) is 26.4 Å². The molecule has 0 atom stereocenters. The number of methoxy groups -OCH3 is 1. The molecular weight excluding hydrogens is 428 g/mol. The van der Waals surface area contributed by atoms with Crippen LogP contribution in [0, 0.1) is 0 Å². The number of hydroxylamine groups is 1. The Balaban J connectivity index is 3.41. The van der Waals surface area contributed by atoms with E-state index in [1.807, 2.05) is 0 Å². The average molecular weight is 453 g/mol. The van der Waals surface area contributed by atoms with E-state index < -0.39 is 47.4 Å². The van der Waals surface area contributed by atoms with Gasteiger partial charge in [0.05, 0.1) is 11.5 Å². The first-order chi connectivity index (χ1) is 13.2. The highest BCUT2D eigenvalue weighted by Gasteiger charge is 2.39. The molecule has 2 amide bonds. The molecule has 0 aliphatic carbocycles. The van der Waals surface area contributed by atoms with Crippen molar-refractivity contribution in [2.24, 2.45) is 0 Å². The largest absolute Gasteiger partial charge is 0.459 e. The van der Waals surface area contributed by atoms with Crippen LogP contribution in [0.25, 0.3) is 0 Å². The minimum absolute atomic E-state index is 0.0303. The molecule has 0 aromatic heterocycles. The quantitative estimate of drug-likeness (QED) is 0.498. The molecule has 0 spiro atoms. The van der Waals surface area contributed by atoms with Crippen LogP contribution in [0.4, 0.5) is 9.59 Å². The summed E-state index contributed by atoms with van der Waals surface area (Å²) in [5.74, 6) is 0. The van der Waals surface area contributed by atoms with E-state index in [-0.39, 0.29) is 17.6 Å². The van der Waals surface area contributed by atoms with Crippen molar-refractivity contribution in [2.75, 3.05) is 26.5 Å². The molecule has 0 bridgehead atoms. The van der Waals surface area contributed by atoms with E-state index in [1.54, 1.807) is 0 Å². The molecule has 1 aromatic carbocycles. The third kappa shape index (κ3) is 7.18. The Morgan fingerprint density at radius 1 is 1.07 bits per heavy atom. The lowest BCUT2D eigenvalue weighted by atomic mass is 10.2. The molecule has 1 N–H and O–H groups in total. The highest BCUT2D eigenvalue weighted by atomic mass is 32.2. The zero-order valence-electron chi connectivity index (χ0n) is 16.7. The lowest BCUT2D eigenvalue weighted by Gasteiger charge is -2.25. The van der Waals surface area contributed by atoms with Gasteiger partial charge in [0.1, 0.15) is 10.5 Å². The number of nitrogens with zero attached hydrogens (tertiary/aromatic N) is 1. The summed E-state index contributed by atoms with van der Waals surface area (Å²) in [6, 6.07) is 4.59. The first-order valence-electron chi connectivity index (χ1n) is 8.22. The molecule has 1 aromatic rings. The third-order valence-corrected chi connectivity index (χ3v) is 5.88. The highest BCUT2D eigenvalue weighted by molar-refractivity contribution is 7.93. The van der Waals surface area contributed by atoms with Crippen molar-refractivity contribution in [3.05, 3.63) is 24.3 Å². The van der Waals surface area contributed by atoms with Crippen LogP contribution in [0.3, 0.4) is 0 Å². The second-order valence-electron chi connectivity index (χ2n) is 6.73.